The summed E-state index contributed by atoms with van der Waals surface area (Å²) in [6, 6.07) is 11.0. The molecule has 0 bridgehead atoms. The fourth-order valence-electron chi connectivity index (χ4n) is 2.05. The van der Waals surface area contributed by atoms with Gasteiger partial charge in [0.15, 0.2) is 0 Å². The molecule has 0 aliphatic carbocycles. The highest BCUT2D eigenvalue weighted by Crippen LogP contribution is 2.18. The Balaban J connectivity index is 2.17. The van der Waals surface area contributed by atoms with Crippen molar-refractivity contribution in [2.24, 2.45) is 0 Å². The quantitative estimate of drug-likeness (QED) is 0.753. The minimum Gasteiger partial charge on any atom is -0.394 e. The molecule has 3 heteroatoms. The Hall–Kier alpha value is -1.06. The van der Waals surface area contributed by atoms with E-state index in [1.165, 1.54) is 5.69 Å². The van der Waals surface area contributed by atoms with Crippen molar-refractivity contribution in [3.63, 3.8) is 0 Å². The van der Waals surface area contributed by atoms with Gasteiger partial charge in [0.05, 0.1) is 12.6 Å². The number of hydrogen-bond acceptors (Lipinski definition) is 3. The third-order valence-corrected chi connectivity index (χ3v) is 2.91. The number of aliphatic hydroxyl groups excluding tert-OH is 1. The van der Waals surface area contributed by atoms with Crippen LogP contribution in [0.1, 0.15) is 6.92 Å². The van der Waals surface area contributed by atoms with E-state index in [4.69, 9.17) is 0 Å². The predicted molar refractivity (Wildman–Crippen MR) is 62.1 cm³/mol. The summed E-state index contributed by atoms with van der Waals surface area (Å²) in [5, 5.41) is 12.7. The van der Waals surface area contributed by atoms with E-state index in [-0.39, 0.29) is 12.6 Å². The number of hydrogen-bond donors (Lipinski definition) is 2. The van der Waals surface area contributed by atoms with E-state index in [0.29, 0.717) is 6.04 Å². The Kier molecular flexibility index (Phi) is 3.23. The molecular weight excluding hydrogens is 188 g/mol. The summed E-state index contributed by atoms with van der Waals surface area (Å²) in [6.07, 6.45) is 0. The number of para-hydroxylation sites is 1. The number of rotatable bonds is 2. The van der Waals surface area contributed by atoms with Gasteiger partial charge in [-0.15, -0.1) is 0 Å². The molecule has 0 radical (unpaired) electrons. The van der Waals surface area contributed by atoms with Gasteiger partial charge in [0.2, 0.25) is 0 Å². The van der Waals surface area contributed by atoms with Gasteiger partial charge in [-0.2, -0.15) is 0 Å². The van der Waals surface area contributed by atoms with Crippen molar-refractivity contribution in [1.29, 1.82) is 0 Å². The van der Waals surface area contributed by atoms with Gasteiger partial charge in [-0.25, -0.2) is 0 Å². The summed E-state index contributed by atoms with van der Waals surface area (Å²) in [5.74, 6) is 0. The van der Waals surface area contributed by atoms with E-state index in [1.54, 1.807) is 0 Å². The molecule has 0 saturated carbocycles. The molecule has 2 rings (SSSR count). The molecule has 1 saturated heterocycles. The number of anilines is 1. The molecule has 2 unspecified atom stereocenters. The second-order valence-corrected chi connectivity index (χ2v) is 4.13. The standard InChI is InChI=1S/C12H18N2O/c1-10-8-14(12(9-15)7-13-10)11-5-3-2-4-6-11/h2-6,10,12-13,15H,7-9H2,1H3. The fraction of sp³-hybridized carbons (Fsp3) is 0.500. The molecule has 15 heavy (non-hydrogen) atoms. The highest BCUT2D eigenvalue weighted by Gasteiger charge is 2.24. The van der Waals surface area contributed by atoms with Gasteiger partial charge in [-0.3, -0.25) is 0 Å². The largest absolute Gasteiger partial charge is 0.394 e. The predicted octanol–water partition coefficient (Wildman–Crippen LogP) is 0.846. The van der Waals surface area contributed by atoms with Crippen LogP contribution in [0.2, 0.25) is 0 Å². The monoisotopic (exact) mass is 206 g/mol. The Morgan fingerprint density at radius 3 is 2.80 bits per heavy atom. The van der Waals surface area contributed by atoms with Crippen LogP contribution in [0.15, 0.2) is 30.3 Å². The number of nitrogens with one attached hydrogen (secondary N) is 1. The van der Waals surface area contributed by atoms with E-state index in [2.05, 4.69) is 29.3 Å². The average Bonchev–Trinajstić information content (AvgIpc) is 2.30. The van der Waals surface area contributed by atoms with Crippen LogP contribution in [0, 0.1) is 0 Å². The zero-order valence-corrected chi connectivity index (χ0v) is 9.06. The van der Waals surface area contributed by atoms with Crippen LogP contribution in [0.4, 0.5) is 5.69 Å². The van der Waals surface area contributed by atoms with Crippen LogP contribution in [-0.2, 0) is 0 Å². The van der Waals surface area contributed by atoms with Gasteiger partial charge in [-0.05, 0) is 19.1 Å². The second-order valence-electron chi connectivity index (χ2n) is 4.13. The molecule has 1 aliphatic heterocycles. The Bertz CT molecular complexity index is 302. The molecule has 2 N–H and O–H groups in total. The van der Waals surface area contributed by atoms with E-state index >= 15 is 0 Å². The third-order valence-electron chi connectivity index (χ3n) is 2.91. The van der Waals surface area contributed by atoms with Crippen molar-refractivity contribution < 1.29 is 5.11 Å². The topological polar surface area (TPSA) is 35.5 Å². The number of nitrogens with zero attached hydrogens (tertiary/aromatic N) is 1. The molecule has 2 atom stereocenters. The van der Waals surface area contributed by atoms with Crippen molar-refractivity contribution in [2.45, 2.75) is 19.0 Å². The molecule has 1 aromatic carbocycles. The van der Waals surface area contributed by atoms with E-state index in [1.807, 2.05) is 18.2 Å². The second kappa shape index (κ2) is 4.64. The van der Waals surface area contributed by atoms with Crippen LogP contribution in [0.3, 0.4) is 0 Å². The Morgan fingerprint density at radius 1 is 1.40 bits per heavy atom. The third kappa shape index (κ3) is 2.30. The van der Waals surface area contributed by atoms with E-state index in [0.717, 1.165) is 13.1 Å². The van der Waals surface area contributed by atoms with Gasteiger partial charge in [0, 0.05) is 24.8 Å². The summed E-state index contributed by atoms with van der Waals surface area (Å²) in [7, 11) is 0. The Morgan fingerprint density at radius 2 is 2.13 bits per heavy atom. The van der Waals surface area contributed by atoms with Crippen LogP contribution < -0.4 is 10.2 Å². The molecule has 3 nitrogen and oxygen atoms in total. The highest BCUT2D eigenvalue weighted by molar-refractivity contribution is 5.48. The van der Waals surface area contributed by atoms with Crippen LogP contribution in [0.25, 0.3) is 0 Å². The lowest BCUT2D eigenvalue weighted by Crippen LogP contribution is -2.57. The summed E-state index contributed by atoms with van der Waals surface area (Å²) in [5.41, 5.74) is 1.20. The zero-order valence-electron chi connectivity index (χ0n) is 9.06. The van der Waals surface area contributed by atoms with Crippen LogP contribution >= 0.6 is 0 Å². The minimum absolute atomic E-state index is 0.198. The summed E-state index contributed by atoms with van der Waals surface area (Å²) >= 11 is 0. The van der Waals surface area contributed by atoms with Crippen molar-refractivity contribution in [3.05, 3.63) is 30.3 Å². The normalized spacial score (nSPS) is 26.7. The number of piperazine rings is 1. The number of benzene rings is 1. The van der Waals surface area contributed by atoms with E-state index in [9.17, 15) is 5.11 Å². The Labute approximate surface area is 90.7 Å². The molecule has 1 aliphatic rings. The zero-order chi connectivity index (χ0) is 10.7. The molecule has 1 fully saturated rings. The van der Waals surface area contributed by atoms with Crippen molar-refractivity contribution in [2.75, 3.05) is 24.6 Å². The molecule has 1 heterocycles. The maximum atomic E-state index is 9.33. The molecule has 0 aromatic heterocycles. The smallest absolute Gasteiger partial charge is 0.0647 e. The van der Waals surface area contributed by atoms with Gasteiger partial charge in [-0.1, -0.05) is 18.2 Å². The first-order valence-corrected chi connectivity index (χ1v) is 5.47. The molecule has 82 valence electrons. The van der Waals surface area contributed by atoms with E-state index < -0.39 is 0 Å². The molecular formula is C12H18N2O. The lowest BCUT2D eigenvalue weighted by Gasteiger charge is -2.40. The molecule has 1 aromatic rings. The van der Waals surface area contributed by atoms with Crippen molar-refractivity contribution >= 4 is 5.69 Å². The van der Waals surface area contributed by atoms with Crippen molar-refractivity contribution in [3.8, 4) is 0 Å². The highest BCUT2D eigenvalue weighted by atomic mass is 16.3. The number of aliphatic hydroxyl groups is 1. The van der Waals surface area contributed by atoms with Gasteiger partial charge < -0.3 is 15.3 Å². The van der Waals surface area contributed by atoms with Gasteiger partial charge in [0.1, 0.15) is 0 Å². The average molecular weight is 206 g/mol. The molecule has 0 spiro atoms. The summed E-state index contributed by atoms with van der Waals surface area (Å²) in [6.45, 7) is 4.18. The first-order chi connectivity index (χ1) is 7.31. The maximum Gasteiger partial charge on any atom is 0.0647 e. The van der Waals surface area contributed by atoms with Crippen molar-refractivity contribution in [1.82, 2.24) is 5.32 Å². The lowest BCUT2D eigenvalue weighted by atomic mass is 10.1. The van der Waals surface area contributed by atoms with Crippen LogP contribution in [-0.4, -0.2) is 36.9 Å². The summed E-state index contributed by atoms with van der Waals surface area (Å²) < 4.78 is 0. The first-order valence-electron chi connectivity index (χ1n) is 5.47. The molecule has 0 amide bonds. The SMILES string of the molecule is CC1CN(c2ccccc2)C(CO)CN1. The van der Waals surface area contributed by atoms with Crippen LogP contribution in [0.5, 0.6) is 0 Å². The van der Waals surface area contributed by atoms with Gasteiger partial charge in [0.25, 0.3) is 0 Å². The minimum atomic E-state index is 0.198. The summed E-state index contributed by atoms with van der Waals surface area (Å²) in [4.78, 5) is 2.28. The fourth-order valence-corrected chi connectivity index (χ4v) is 2.05. The van der Waals surface area contributed by atoms with Gasteiger partial charge >= 0.3 is 0 Å². The lowest BCUT2D eigenvalue weighted by molar-refractivity contribution is 0.237. The first kappa shape index (κ1) is 10.5. The maximum absolute atomic E-state index is 9.33.